The Hall–Kier alpha value is 0.880. The Morgan fingerprint density at radius 2 is 0.524 bits per heavy atom. The highest BCUT2D eigenvalue weighted by atomic mass is 32.9. The minimum atomic E-state index is -2.34. The van der Waals surface area contributed by atoms with E-state index in [1.807, 2.05) is 0 Å². The second-order valence-electron chi connectivity index (χ2n) is 12.7. The molecule has 0 aliphatic rings. The molecule has 0 aliphatic carbocycles. The number of thiol groups is 1. The van der Waals surface area contributed by atoms with Crippen LogP contribution in [0.5, 0.6) is 0 Å². The van der Waals surface area contributed by atoms with Gasteiger partial charge in [-0.1, -0.05) is 219 Å². The predicted molar refractivity (Wildman–Crippen MR) is 199 cm³/mol. The summed E-state index contributed by atoms with van der Waals surface area (Å²) in [6.45, 7) is 6.00. The van der Waals surface area contributed by atoms with Crippen molar-refractivity contribution in [2.75, 3.05) is 13.2 Å². The molecule has 0 aromatic rings. The molecule has 0 unspecified atom stereocenters. The van der Waals surface area contributed by atoms with Crippen LogP contribution in [0.15, 0.2) is 0 Å². The SMILES string of the molecule is CCCCCCCCCCCCCCCCCCOP(=S)(S)OCCCCCCCCCCCCCCCCCC.N. The third kappa shape index (κ3) is 38.9. The minimum absolute atomic E-state index is 0. The van der Waals surface area contributed by atoms with Crippen molar-refractivity contribution in [3.8, 4) is 0 Å². The first kappa shape index (κ1) is 45.0. The fourth-order valence-electron chi connectivity index (χ4n) is 5.70. The van der Waals surface area contributed by atoms with Crippen LogP contribution < -0.4 is 6.15 Å². The maximum Gasteiger partial charge on any atom is 0.244 e. The van der Waals surface area contributed by atoms with Crippen molar-refractivity contribution in [2.45, 2.75) is 219 Å². The van der Waals surface area contributed by atoms with Crippen molar-refractivity contribution in [3.63, 3.8) is 0 Å². The molecule has 0 bridgehead atoms. The van der Waals surface area contributed by atoms with E-state index in [2.05, 4.69) is 26.1 Å². The lowest BCUT2D eigenvalue weighted by Gasteiger charge is -2.16. The summed E-state index contributed by atoms with van der Waals surface area (Å²) in [4.78, 5) is 0. The van der Waals surface area contributed by atoms with Crippen LogP contribution >= 0.6 is 17.9 Å². The second-order valence-corrected chi connectivity index (χ2v) is 18.0. The van der Waals surface area contributed by atoms with Crippen LogP contribution in [-0.2, 0) is 20.9 Å². The number of hydrogen-bond acceptors (Lipinski definition) is 4. The highest BCUT2D eigenvalue weighted by molar-refractivity contribution is 8.60. The van der Waals surface area contributed by atoms with E-state index < -0.39 is 5.69 Å². The molecule has 0 fully saturated rings. The van der Waals surface area contributed by atoms with Crippen molar-refractivity contribution in [2.24, 2.45) is 0 Å². The van der Waals surface area contributed by atoms with Gasteiger partial charge in [-0.05, 0) is 24.6 Å². The smallest absolute Gasteiger partial charge is 0.244 e. The average Bonchev–Trinajstić information content (AvgIpc) is 2.96. The maximum absolute atomic E-state index is 5.85. The van der Waals surface area contributed by atoms with E-state index in [-0.39, 0.29) is 6.15 Å². The van der Waals surface area contributed by atoms with Crippen molar-refractivity contribution >= 4 is 29.7 Å². The normalized spacial score (nSPS) is 11.7. The van der Waals surface area contributed by atoms with Gasteiger partial charge < -0.3 is 15.2 Å². The van der Waals surface area contributed by atoms with E-state index in [1.54, 1.807) is 0 Å². The summed E-state index contributed by atoms with van der Waals surface area (Å²) in [5.74, 6) is 0. The van der Waals surface area contributed by atoms with Gasteiger partial charge in [0.05, 0.1) is 13.2 Å². The van der Waals surface area contributed by atoms with E-state index in [0.717, 1.165) is 12.8 Å². The van der Waals surface area contributed by atoms with Gasteiger partial charge in [-0.25, -0.2) is 0 Å². The molecule has 0 aliphatic heterocycles. The van der Waals surface area contributed by atoms with E-state index in [9.17, 15) is 0 Å². The Morgan fingerprint density at radius 3 is 0.714 bits per heavy atom. The molecule has 6 heteroatoms. The molecule has 0 radical (unpaired) electrons. The van der Waals surface area contributed by atoms with E-state index in [0.29, 0.717) is 13.2 Å². The zero-order valence-corrected chi connectivity index (χ0v) is 31.5. The summed E-state index contributed by atoms with van der Waals surface area (Å²) < 4.78 is 11.7. The maximum atomic E-state index is 5.85. The molecular formula is C36H78NO2PS2. The first-order valence-electron chi connectivity index (χ1n) is 18.7. The fraction of sp³-hybridized carbons (Fsp3) is 1.00. The van der Waals surface area contributed by atoms with Crippen molar-refractivity contribution < 1.29 is 9.05 Å². The third-order valence-corrected chi connectivity index (χ3v) is 10.8. The fourth-order valence-corrected chi connectivity index (χ4v) is 7.43. The molecule has 0 saturated heterocycles. The Morgan fingerprint density at radius 1 is 0.357 bits per heavy atom. The van der Waals surface area contributed by atoms with E-state index in [1.165, 1.54) is 193 Å². The predicted octanol–water partition coefficient (Wildman–Crippen LogP) is 14.9. The lowest BCUT2D eigenvalue weighted by molar-refractivity contribution is 0.250. The molecule has 0 spiro atoms. The van der Waals surface area contributed by atoms with Crippen LogP contribution in [-0.4, -0.2) is 13.2 Å². The number of hydrogen-bond donors (Lipinski definition) is 2. The molecule has 0 amide bonds. The molecule has 0 aromatic carbocycles. The Labute approximate surface area is 276 Å². The minimum Gasteiger partial charge on any atom is -0.344 e. The standard InChI is InChI=1S/C36H75O2PS2.H3N/c1-3-5-7-9-11-13-15-17-19-21-23-25-27-29-31-33-35-37-39(40,41)38-36-34-32-30-28-26-24-22-20-18-16-14-12-10-8-6-4-2;/h3-36H2,1-2H3,(H,40,41);1H3. The zero-order chi connectivity index (χ0) is 30.0. The van der Waals surface area contributed by atoms with E-state index >= 15 is 0 Å². The lowest BCUT2D eigenvalue weighted by atomic mass is 10.0. The molecule has 42 heavy (non-hydrogen) atoms. The average molecular weight is 652 g/mol. The quantitative estimate of drug-likeness (QED) is 0.0402. The highest BCUT2D eigenvalue weighted by Gasteiger charge is 2.12. The van der Waals surface area contributed by atoms with Crippen molar-refractivity contribution in [1.82, 2.24) is 6.15 Å². The molecule has 0 aromatic heterocycles. The van der Waals surface area contributed by atoms with Crippen LogP contribution in [0, 0.1) is 0 Å². The summed E-state index contributed by atoms with van der Waals surface area (Å²) in [6, 6.07) is 0. The van der Waals surface area contributed by atoms with Gasteiger partial charge in [0, 0.05) is 0 Å². The second kappa shape index (κ2) is 38.1. The topological polar surface area (TPSA) is 53.5 Å². The van der Waals surface area contributed by atoms with Crippen LogP contribution in [0.25, 0.3) is 0 Å². The first-order chi connectivity index (χ1) is 20.1. The van der Waals surface area contributed by atoms with Gasteiger partial charge in [0.1, 0.15) is 0 Å². The lowest BCUT2D eigenvalue weighted by Crippen LogP contribution is -1.96. The monoisotopic (exact) mass is 652 g/mol. The Balaban J connectivity index is 0. The molecular weight excluding hydrogens is 574 g/mol. The van der Waals surface area contributed by atoms with Crippen molar-refractivity contribution in [3.05, 3.63) is 0 Å². The summed E-state index contributed by atoms with van der Waals surface area (Å²) in [7, 11) is 0. The zero-order valence-electron chi connectivity index (χ0n) is 28.9. The largest absolute Gasteiger partial charge is 0.344 e. The highest BCUT2D eigenvalue weighted by Crippen LogP contribution is 2.53. The van der Waals surface area contributed by atoms with E-state index in [4.69, 9.17) is 20.9 Å². The summed E-state index contributed by atoms with van der Waals surface area (Å²) in [5, 5.41) is 0. The van der Waals surface area contributed by atoms with Gasteiger partial charge in [-0.15, -0.1) is 0 Å². The van der Waals surface area contributed by atoms with Crippen molar-refractivity contribution in [1.29, 1.82) is 0 Å². The first-order valence-corrected chi connectivity index (χ1v) is 22.5. The van der Waals surface area contributed by atoms with Gasteiger partial charge in [0.25, 0.3) is 0 Å². The van der Waals surface area contributed by atoms with Gasteiger partial charge in [-0.3, -0.25) is 0 Å². The van der Waals surface area contributed by atoms with Crippen LogP contribution in [0.2, 0.25) is 0 Å². The molecule has 0 rings (SSSR count). The number of unbranched alkanes of at least 4 members (excludes halogenated alkanes) is 30. The summed E-state index contributed by atoms with van der Waals surface area (Å²) in [5.41, 5.74) is -2.34. The summed E-state index contributed by atoms with van der Waals surface area (Å²) >= 11 is 10.0. The van der Waals surface area contributed by atoms with Gasteiger partial charge in [-0.2, -0.15) is 0 Å². The van der Waals surface area contributed by atoms with Gasteiger partial charge in [0.15, 0.2) is 0 Å². The molecule has 256 valence electrons. The molecule has 0 heterocycles. The Kier molecular flexibility index (Phi) is 40.8. The molecule has 0 atom stereocenters. The van der Waals surface area contributed by atoms with Crippen LogP contribution in [0.3, 0.4) is 0 Å². The number of rotatable bonds is 36. The summed E-state index contributed by atoms with van der Waals surface area (Å²) in [6.07, 6.45) is 44.3. The molecule has 3 nitrogen and oxygen atoms in total. The van der Waals surface area contributed by atoms with Crippen LogP contribution in [0.4, 0.5) is 0 Å². The molecule has 0 saturated carbocycles. The third-order valence-electron chi connectivity index (χ3n) is 8.50. The van der Waals surface area contributed by atoms with Crippen LogP contribution in [0.1, 0.15) is 219 Å². The Bertz CT molecular complexity index is 497. The van der Waals surface area contributed by atoms with Gasteiger partial charge in [0.2, 0.25) is 5.69 Å². The molecule has 3 N–H and O–H groups in total. The van der Waals surface area contributed by atoms with Gasteiger partial charge >= 0.3 is 0 Å².